The van der Waals surface area contributed by atoms with Gasteiger partial charge < -0.3 is 9.64 Å². The van der Waals surface area contributed by atoms with E-state index < -0.39 is 4.92 Å². The molecule has 0 aromatic heterocycles. The Bertz CT molecular complexity index is 872. The molecule has 0 spiro atoms. The van der Waals surface area contributed by atoms with Crippen LogP contribution in [0.1, 0.15) is 16.7 Å². The number of nitro groups is 1. The van der Waals surface area contributed by atoms with Gasteiger partial charge in [0.2, 0.25) is 0 Å². The average molecular weight is 353 g/mol. The highest BCUT2D eigenvalue weighted by Crippen LogP contribution is 2.26. The molecule has 0 radical (unpaired) electrons. The summed E-state index contributed by atoms with van der Waals surface area (Å²) >= 11 is 0. The first kappa shape index (κ1) is 17.6. The van der Waals surface area contributed by atoms with E-state index >= 15 is 0 Å². The van der Waals surface area contributed by atoms with Gasteiger partial charge in [-0.05, 0) is 43.2 Å². The lowest BCUT2D eigenvalue weighted by atomic mass is 10.1. The second-order valence-electron chi connectivity index (χ2n) is 6.19. The Morgan fingerprint density at radius 2 is 1.96 bits per heavy atom. The van der Waals surface area contributed by atoms with E-state index in [0.29, 0.717) is 30.1 Å². The minimum atomic E-state index is -0.464. The Labute approximate surface area is 151 Å². The number of anilines is 1. The summed E-state index contributed by atoms with van der Waals surface area (Å²) in [7, 11) is 0. The van der Waals surface area contributed by atoms with Gasteiger partial charge in [-0.2, -0.15) is 0 Å². The summed E-state index contributed by atoms with van der Waals surface area (Å²) < 4.78 is 5.66. The number of amides is 1. The average Bonchev–Trinajstić information content (AvgIpc) is 2.80. The van der Waals surface area contributed by atoms with Gasteiger partial charge in [-0.25, -0.2) is 0 Å². The van der Waals surface area contributed by atoms with Crippen LogP contribution in [0, 0.1) is 24.0 Å². The van der Waals surface area contributed by atoms with Crippen LogP contribution in [-0.2, 0) is 4.79 Å². The zero-order valence-corrected chi connectivity index (χ0v) is 14.6. The first-order chi connectivity index (χ1) is 12.4. The van der Waals surface area contributed by atoms with Gasteiger partial charge in [0.05, 0.1) is 17.2 Å². The van der Waals surface area contributed by atoms with Crippen LogP contribution in [0.25, 0.3) is 0 Å². The maximum Gasteiger partial charge on any atom is 0.270 e. The largest absolute Gasteiger partial charge is 0.484 e. The predicted molar refractivity (Wildman–Crippen MR) is 99.3 cm³/mol. The van der Waals surface area contributed by atoms with Crippen LogP contribution in [0.3, 0.4) is 0 Å². The molecule has 1 aliphatic heterocycles. The molecule has 0 atom stereocenters. The fourth-order valence-corrected chi connectivity index (χ4v) is 2.94. The number of benzene rings is 2. The minimum Gasteiger partial charge on any atom is -0.484 e. The van der Waals surface area contributed by atoms with Gasteiger partial charge in [0.25, 0.3) is 11.6 Å². The molecule has 7 nitrogen and oxygen atoms in total. The topological polar surface area (TPSA) is 85.0 Å². The zero-order chi connectivity index (χ0) is 18.7. The summed E-state index contributed by atoms with van der Waals surface area (Å²) in [6.45, 7) is 4.65. The SMILES string of the molecule is Cc1cc(C)cc(OCC(=O)N2CCN=Cc3cc([N+](=O)[O-])ccc32)c1. The molecule has 1 heterocycles. The standard InChI is InChI=1S/C19H19N3O4/c1-13-7-14(2)9-17(8-13)26-12-19(23)21-6-5-20-11-15-10-16(22(24)25)3-4-18(15)21/h3-4,7-11H,5-6,12H2,1-2H3. The second kappa shape index (κ2) is 7.35. The molecule has 134 valence electrons. The fourth-order valence-electron chi connectivity index (χ4n) is 2.94. The highest BCUT2D eigenvalue weighted by Gasteiger charge is 2.22. The molecule has 0 fully saturated rings. The van der Waals surface area contributed by atoms with Gasteiger partial charge in [0, 0.05) is 30.5 Å². The van der Waals surface area contributed by atoms with Crippen molar-refractivity contribution in [1.29, 1.82) is 0 Å². The monoisotopic (exact) mass is 353 g/mol. The molecule has 0 N–H and O–H groups in total. The van der Waals surface area contributed by atoms with Gasteiger partial charge in [0.1, 0.15) is 5.75 Å². The molecule has 0 unspecified atom stereocenters. The normalized spacial score (nSPS) is 13.1. The summed E-state index contributed by atoms with van der Waals surface area (Å²) in [5.41, 5.74) is 3.25. The third-order valence-corrected chi connectivity index (χ3v) is 4.05. The number of non-ortho nitro benzene ring substituents is 1. The van der Waals surface area contributed by atoms with Crippen molar-refractivity contribution in [3.8, 4) is 5.75 Å². The van der Waals surface area contributed by atoms with Crippen LogP contribution in [0.2, 0.25) is 0 Å². The van der Waals surface area contributed by atoms with Crippen molar-refractivity contribution in [2.75, 3.05) is 24.6 Å². The summed E-state index contributed by atoms with van der Waals surface area (Å²) in [5, 5.41) is 11.0. The van der Waals surface area contributed by atoms with Crippen molar-refractivity contribution >= 4 is 23.5 Å². The molecule has 0 saturated carbocycles. The molecular weight excluding hydrogens is 334 g/mol. The predicted octanol–water partition coefficient (Wildman–Crippen LogP) is 3.06. The van der Waals surface area contributed by atoms with Gasteiger partial charge in [-0.3, -0.25) is 19.9 Å². The van der Waals surface area contributed by atoms with E-state index in [9.17, 15) is 14.9 Å². The Morgan fingerprint density at radius 1 is 1.23 bits per heavy atom. The van der Waals surface area contributed by atoms with E-state index in [2.05, 4.69) is 4.99 Å². The molecule has 0 saturated heterocycles. The third-order valence-electron chi connectivity index (χ3n) is 4.05. The summed E-state index contributed by atoms with van der Waals surface area (Å²) in [5.74, 6) is 0.426. The molecule has 7 heteroatoms. The van der Waals surface area contributed by atoms with Crippen molar-refractivity contribution in [3.05, 3.63) is 63.2 Å². The van der Waals surface area contributed by atoms with Crippen molar-refractivity contribution < 1.29 is 14.5 Å². The van der Waals surface area contributed by atoms with Gasteiger partial charge in [-0.15, -0.1) is 0 Å². The number of nitro benzene ring substituents is 1. The Kier molecular flexibility index (Phi) is 4.97. The summed E-state index contributed by atoms with van der Waals surface area (Å²) in [6.07, 6.45) is 1.57. The Hall–Kier alpha value is -3.22. The smallest absolute Gasteiger partial charge is 0.270 e. The Morgan fingerprint density at radius 3 is 2.65 bits per heavy atom. The van der Waals surface area contributed by atoms with Gasteiger partial charge in [-0.1, -0.05) is 6.07 Å². The van der Waals surface area contributed by atoms with Gasteiger partial charge in [0.15, 0.2) is 6.61 Å². The number of hydrogen-bond acceptors (Lipinski definition) is 5. The number of benzodiazepines with no additional fused rings is 1. The number of rotatable bonds is 4. The number of ether oxygens (including phenoxy) is 1. The maximum absolute atomic E-state index is 12.7. The molecule has 0 aliphatic carbocycles. The number of fused-ring (bicyclic) bond motifs is 1. The molecule has 1 amide bonds. The van der Waals surface area contributed by atoms with Crippen LogP contribution in [0.4, 0.5) is 11.4 Å². The van der Waals surface area contributed by atoms with Crippen molar-refractivity contribution in [2.45, 2.75) is 13.8 Å². The lowest BCUT2D eigenvalue weighted by Crippen LogP contribution is -2.36. The first-order valence-corrected chi connectivity index (χ1v) is 8.24. The fraction of sp³-hybridized carbons (Fsp3) is 0.263. The van der Waals surface area contributed by atoms with E-state index in [-0.39, 0.29) is 18.2 Å². The number of hydrogen-bond donors (Lipinski definition) is 0. The number of carbonyl (C=O) groups is 1. The Balaban J connectivity index is 1.79. The first-order valence-electron chi connectivity index (χ1n) is 8.24. The number of aryl methyl sites for hydroxylation is 2. The van der Waals surface area contributed by atoms with Crippen molar-refractivity contribution in [3.63, 3.8) is 0 Å². The molecule has 26 heavy (non-hydrogen) atoms. The second-order valence-corrected chi connectivity index (χ2v) is 6.19. The number of nitrogens with zero attached hydrogens (tertiary/aromatic N) is 3. The van der Waals surface area contributed by atoms with Crippen LogP contribution in [-0.4, -0.2) is 36.7 Å². The maximum atomic E-state index is 12.7. The van der Waals surface area contributed by atoms with Crippen molar-refractivity contribution in [2.24, 2.45) is 4.99 Å². The van der Waals surface area contributed by atoms with E-state index in [1.165, 1.54) is 12.1 Å². The molecule has 0 bridgehead atoms. The van der Waals surface area contributed by atoms with E-state index in [4.69, 9.17) is 4.74 Å². The lowest BCUT2D eigenvalue weighted by Gasteiger charge is -2.22. The summed E-state index contributed by atoms with van der Waals surface area (Å²) in [4.78, 5) is 29.0. The molecule has 2 aromatic carbocycles. The third kappa shape index (κ3) is 3.88. The lowest BCUT2D eigenvalue weighted by molar-refractivity contribution is -0.384. The number of carbonyl (C=O) groups excluding carboxylic acids is 1. The van der Waals surface area contributed by atoms with Crippen LogP contribution >= 0.6 is 0 Å². The highest BCUT2D eigenvalue weighted by atomic mass is 16.6. The van der Waals surface area contributed by atoms with Gasteiger partial charge >= 0.3 is 0 Å². The van der Waals surface area contributed by atoms with Crippen LogP contribution in [0.15, 0.2) is 41.4 Å². The zero-order valence-electron chi connectivity index (χ0n) is 14.6. The quantitative estimate of drug-likeness (QED) is 0.624. The van der Waals surface area contributed by atoms with Crippen LogP contribution < -0.4 is 9.64 Å². The summed E-state index contributed by atoms with van der Waals surface area (Å²) in [6, 6.07) is 10.2. The molecule has 1 aliphatic rings. The molecule has 2 aromatic rings. The number of aliphatic imine (C=N–C) groups is 1. The highest BCUT2D eigenvalue weighted by molar-refractivity contribution is 6.01. The van der Waals surface area contributed by atoms with E-state index in [0.717, 1.165) is 11.1 Å². The van der Waals surface area contributed by atoms with E-state index in [1.54, 1.807) is 17.2 Å². The van der Waals surface area contributed by atoms with Crippen molar-refractivity contribution in [1.82, 2.24) is 0 Å². The molecular formula is C19H19N3O4. The van der Waals surface area contributed by atoms with Crippen LogP contribution in [0.5, 0.6) is 5.75 Å². The minimum absolute atomic E-state index is 0.0315. The van der Waals surface area contributed by atoms with E-state index in [1.807, 2.05) is 32.0 Å². The molecule has 3 rings (SSSR count).